The number of carbonyl (C=O) groups excluding carboxylic acids is 2. The molecule has 3 rings (SSSR count). The second kappa shape index (κ2) is 9.33. The van der Waals surface area contributed by atoms with E-state index in [1.807, 2.05) is 32.0 Å². The molecule has 0 radical (unpaired) electrons. The molecule has 1 aliphatic rings. The number of amides is 2. The standard InChI is InChI=1S/C25H29ClN2O4/c1-16-11-17(2)13-20(12-16)14-22(29)28-10-9-25(28,4)24(32)27(18(3)23(30)31)15-19-5-7-21(26)8-6-19/h5-8,11-13,18H,9-10,14-15H2,1-4H3,(H,30,31)/t18-,25?/m0/s1. The van der Waals surface area contributed by atoms with Crippen LogP contribution in [0.2, 0.25) is 5.02 Å². The van der Waals surface area contributed by atoms with E-state index >= 15 is 0 Å². The van der Waals surface area contributed by atoms with Gasteiger partial charge in [-0.15, -0.1) is 0 Å². The molecular weight excluding hydrogens is 428 g/mol. The summed E-state index contributed by atoms with van der Waals surface area (Å²) in [6, 6.07) is 11.9. The van der Waals surface area contributed by atoms with E-state index in [0.29, 0.717) is 18.0 Å². The molecule has 2 amide bonds. The summed E-state index contributed by atoms with van der Waals surface area (Å²) in [6.07, 6.45) is 0.699. The monoisotopic (exact) mass is 456 g/mol. The lowest BCUT2D eigenvalue weighted by Crippen LogP contribution is -2.69. The largest absolute Gasteiger partial charge is 0.480 e. The van der Waals surface area contributed by atoms with Crippen molar-refractivity contribution in [1.29, 1.82) is 0 Å². The van der Waals surface area contributed by atoms with Crippen molar-refractivity contribution in [2.24, 2.45) is 0 Å². The first-order chi connectivity index (χ1) is 15.0. The second-order valence-corrected chi connectivity index (χ2v) is 9.25. The van der Waals surface area contributed by atoms with Crippen molar-refractivity contribution in [3.05, 3.63) is 69.7 Å². The average Bonchev–Trinajstić information content (AvgIpc) is 2.70. The Morgan fingerprint density at radius 2 is 1.69 bits per heavy atom. The van der Waals surface area contributed by atoms with E-state index in [-0.39, 0.29) is 24.8 Å². The lowest BCUT2D eigenvalue weighted by atomic mass is 9.83. The highest BCUT2D eigenvalue weighted by Gasteiger charge is 2.52. The molecular formula is C25H29ClN2O4. The Labute approximate surface area is 193 Å². The van der Waals surface area contributed by atoms with Crippen LogP contribution >= 0.6 is 11.6 Å². The van der Waals surface area contributed by atoms with Gasteiger partial charge in [0.2, 0.25) is 11.8 Å². The van der Waals surface area contributed by atoms with Gasteiger partial charge >= 0.3 is 5.97 Å². The fourth-order valence-corrected chi connectivity index (χ4v) is 4.36. The summed E-state index contributed by atoms with van der Waals surface area (Å²) < 4.78 is 0. The van der Waals surface area contributed by atoms with Gasteiger partial charge in [0, 0.05) is 18.1 Å². The van der Waals surface area contributed by atoms with Gasteiger partial charge in [0.15, 0.2) is 0 Å². The maximum atomic E-state index is 13.6. The number of hydrogen-bond donors (Lipinski definition) is 1. The van der Waals surface area contributed by atoms with Crippen LogP contribution < -0.4 is 0 Å². The Hall–Kier alpha value is -2.86. The number of hydrogen-bond acceptors (Lipinski definition) is 3. The Bertz CT molecular complexity index is 1020. The maximum Gasteiger partial charge on any atom is 0.326 e. The number of nitrogens with zero attached hydrogens (tertiary/aromatic N) is 2. The van der Waals surface area contributed by atoms with Crippen LogP contribution in [0.15, 0.2) is 42.5 Å². The molecule has 32 heavy (non-hydrogen) atoms. The molecule has 0 saturated carbocycles. The van der Waals surface area contributed by atoms with Gasteiger partial charge in [-0.3, -0.25) is 9.59 Å². The van der Waals surface area contributed by atoms with Crippen LogP contribution in [0.5, 0.6) is 0 Å². The third-order valence-corrected chi connectivity index (χ3v) is 6.42. The van der Waals surface area contributed by atoms with Crippen molar-refractivity contribution in [2.45, 2.75) is 58.7 Å². The van der Waals surface area contributed by atoms with Crippen molar-refractivity contribution in [1.82, 2.24) is 9.80 Å². The Morgan fingerprint density at radius 1 is 1.09 bits per heavy atom. The zero-order valence-corrected chi connectivity index (χ0v) is 19.6. The number of aliphatic carboxylic acids is 1. The number of carbonyl (C=O) groups is 3. The lowest BCUT2D eigenvalue weighted by molar-refractivity contribution is -0.168. The molecule has 0 spiro atoms. The number of carboxylic acids is 1. The highest BCUT2D eigenvalue weighted by atomic mass is 35.5. The number of likely N-dealkylation sites (tertiary alicyclic amines) is 1. The molecule has 2 aromatic rings. The van der Waals surface area contributed by atoms with Crippen molar-refractivity contribution < 1.29 is 19.5 Å². The highest BCUT2D eigenvalue weighted by molar-refractivity contribution is 6.30. The molecule has 1 aliphatic heterocycles. The Morgan fingerprint density at radius 3 is 2.19 bits per heavy atom. The number of rotatable bonds is 7. The van der Waals surface area contributed by atoms with E-state index in [0.717, 1.165) is 22.3 Å². The normalized spacial score (nSPS) is 18.6. The van der Waals surface area contributed by atoms with Gasteiger partial charge in [-0.1, -0.05) is 53.1 Å². The Balaban J connectivity index is 1.81. The minimum absolute atomic E-state index is 0.123. The summed E-state index contributed by atoms with van der Waals surface area (Å²) >= 11 is 5.95. The van der Waals surface area contributed by atoms with E-state index in [4.69, 9.17) is 11.6 Å². The van der Waals surface area contributed by atoms with Crippen LogP contribution in [0.4, 0.5) is 0 Å². The van der Waals surface area contributed by atoms with Gasteiger partial charge in [-0.2, -0.15) is 0 Å². The third-order valence-electron chi connectivity index (χ3n) is 6.17. The van der Waals surface area contributed by atoms with Crippen molar-refractivity contribution in [2.75, 3.05) is 6.54 Å². The molecule has 1 heterocycles. The van der Waals surface area contributed by atoms with Crippen molar-refractivity contribution in [3.8, 4) is 0 Å². The quantitative estimate of drug-likeness (QED) is 0.683. The van der Waals surface area contributed by atoms with E-state index in [2.05, 4.69) is 0 Å². The van der Waals surface area contributed by atoms with E-state index in [1.54, 1.807) is 36.1 Å². The Kier molecular flexibility index (Phi) is 6.94. The smallest absolute Gasteiger partial charge is 0.326 e. The molecule has 6 nitrogen and oxygen atoms in total. The summed E-state index contributed by atoms with van der Waals surface area (Å²) in [4.78, 5) is 41.3. The minimum atomic E-state index is -1.09. The predicted octanol–water partition coefficient (Wildman–Crippen LogP) is 3.99. The lowest BCUT2D eigenvalue weighted by Gasteiger charge is -2.51. The average molecular weight is 457 g/mol. The molecule has 0 bridgehead atoms. The molecule has 1 N–H and O–H groups in total. The molecule has 2 aromatic carbocycles. The third kappa shape index (κ3) is 4.96. The molecule has 0 aromatic heterocycles. The number of benzene rings is 2. The van der Waals surface area contributed by atoms with E-state index in [1.165, 1.54) is 11.8 Å². The summed E-state index contributed by atoms with van der Waals surface area (Å²) in [5.41, 5.74) is 2.78. The minimum Gasteiger partial charge on any atom is -0.480 e. The van der Waals surface area contributed by atoms with Gasteiger partial charge in [-0.25, -0.2) is 4.79 Å². The van der Waals surface area contributed by atoms with Crippen LogP contribution in [-0.4, -0.2) is 50.8 Å². The van der Waals surface area contributed by atoms with Crippen molar-refractivity contribution >= 4 is 29.4 Å². The van der Waals surface area contributed by atoms with Gasteiger partial charge in [0.05, 0.1) is 6.42 Å². The fourth-order valence-electron chi connectivity index (χ4n) is 4.24. The molecule has 2 atom stereocenters. The fraction of sp³-hybridized carbons (Fsp3) is 0.400. The van der Waals surface area contributed by atoms with Crippen LogP contribution in [0.3, 0.4) is 0 Å². The van der Waals surface area contributed by atoms with Gasteiger partial charge in [-0.05, 0) is 57.4 Å². The van der Waals surface area contributed by atoms with Gasteiger partial charge < -0.3 is 14.9 Å². The van der Waals surface area contributed by atoms with Crippen LogP contribution in [0.1, 0.15) is 42.5 Å². The van der Waals surface area contributed by atoms with E-state index in [9.17, 15) is 19.5 Å². The summed E-state index contributed by atoms with van der Waals surface area (Å²) in [6.45, 7) is 7.78. The first-order valence-corrected chi connectivity index (χ1v) is 11.0. The molecule has 170 valence electrons. The molecule has 1 saturated heterocycles. The van der Waals surface area contributed by atoms with Crippen LogP contribution in [0, 0.1) is 13.8 Å². The second-order valence-electron chi connectivity index (χ2n) is 8.82. The van der Waals surface area contributed by atoms with Gasteiger partial charge in [0.1, 0.15) is 11.6 Å². The zero-order chi connectivity index (χ0) is 23.6. The van der Waals surface area contributed by atoms with E-state index < -0.39 is 17.6 Å². The first-order valence-electron chi connectivity index (χ1n) is 10.7. The highest BCUT2D eigenvalue weighted by Crippen LogP contribution is 2.34. The summed E-state index contributed by atoms with van der Waals surface area (Å²) in [5, 5.41) is 10.2. The van der Waals surface area contributed by atoms with Crippen molar-refractivity contribution in [3.63, 3.8) is 0 Å². The topological polar surface area (TPSA) is 77.9 Å². The molecule has 0 aliphatic carbocycles. The predicted molar refractivity (Wildman–Crippen MR) is 123 cm³/mol. The zero-order valence-electron chi connectivity index (χ0n) is 18.9. The number of aryl methyl sites for hydroxylation is 2. The number of halogens is 1. The molecule has 1 fully saturated rings. The van der Waals surface area contributed by atoms with Crippen LogP contribution in [-0.2, 0) is 27.3 Å². The summed E-state index contributed by atoms with van der Waals surface area (Å²) in [5.74, 6) is -1.59. The number of carboxylic acid groups (broad SMARTS) is 1. The summed E-state index contributed by atoms with van der Waals surface area (Å²) in [7, 11) is 0. The molecule has 7 heteroatoms. The molecule has 1 unspecified atom stereocenters. The van der Waals surface area contributed by atoms with Crippen LogP contribution in [0.25, 0.3) is 0 Å². The maximum absolute atomic E-state index is 13.6. The van der Waals surface area contributed by atoms with Gasteiger partial charge in [0.25, 0.3) is 0 Å². The SMILES string of the molecule is Cc1cc(C)cc(CC(=O)N2CCC2(C)C(=O)N(Cc2ccc(Cl)cc2)[C@@H](C)C(=O)O)c1. The first kappa shape index (κ1) is 23.8.